The largest absolute Gasteiger partial charge is 0.478 e. The summed E-state index contributed by atoms with van der Waals surface area (Å²) in [6, 6.07) is 4.75. The summed E-state index contributed by atoms with van der Waals surface area (Å²) in [6.07, 6.45) is 0. The Morgan fingerprint density at radius 2 is 1.65 bits per heavy atom. The SMILES string of the molecule is CC(C)(C)NC(=O)CS(=O)(=O)c1ccc(C(=O)O)cc1. The first-order valence-electron chi connectivity index (χ1n) is 5.88. The zero-order valence-electron chi connectivity index (χ0n) is 11.5. The van der Waals surface area contributed by atoms with Crippen LogP contribution in [-0.4, -0.2) is 36.7 Å². The zero-order chi connectivity index (χ0) is 15.6. The molecule has 0 bridgehead atoms. The predicted octanol–water partition coefficient (Wildman–Crippen LogP) is 1.07. The molecule has 0 aliphatic rings. The van der Waals surface area contributed by atoms with Gasteiger partial charge in [-0.05, 0) is 45.0 Å². The van der Waals surface area contributed by atoms with Crippen LogP contribution in [0.15, 0.2) is 29.2 Å². The molecule has 2 N–H and O–H groups in total. The van der Waals surface area contributed by atoms with Gasteiger partial charge in [0.15, 0.2) is 9.84 Å². The molecule has 1 aromatic carbocycles. The van der Waals surface area contributed by atoms with Gasteiger partial charge >= 0.3 is 5.97 Å². The lowest BCUT2D eigenvalue weighted by atomic mass is 10.1. The van der Waals surface area contributed by atoms with Crippen molar-refractivity contribution in [1.82, 2.24) is 5.32 Å². The normalized spacial score (nSPS) is 11.9. The number of amides is 1. The number of sulfone groups is 1. The van der Waals surface area contributed by atoms with Crippen LogP contribution in [-0.2, 0) is 14.6 Å². The summed E-state index contributed by atoms with van der Waals surface area (Å²) in [4.78, 5) is 22.2. The maximum absolute atomic E-state index is 12.0. The monoisotopic (exact) mass is 299 g/mol. The van der Waals surface area contributed by atoms with E-state index in [0.29, 0.717) is 0 Å². The molecule has 0 aliphatic heterocycles. The van der Waals surface area contributed by atoms with Crippen LogP contribution in [0.5, 0.6) is 0 Å². The summed E-state index contributed by atoms with van der Waals surface area (Å²) < 4.78 is 24.0. The summed E-state index contributed by atoms with van der Waals surface area (Å²) in [5, 5.41) is 11.3. The highest BCUT2D eigenvalue weighted by molar-refractivity contribution is 7.92. The molecule has 0 heterocycles. The molecule has 20 heavy (non-hydrogen) atoms. The van der Waals surface area contributed by atoms with Gasteiger partial charge in [-0.2, -0.15) is 0 Å². The van der Waals surface area contributed by atoms with Crippen molar-refractivity contribution in [2.75, 3.05) is 5.75 Å². The van der Waals surface area contributed by atoms with E-state index in [0.717, 1.165) is 0 Å². The molecule has 0 aliphatic carbocycles. The zero-order valence-corrected chi connectivity index (χ0v) is 12.3. The van der Waals surface area contributed by atoms with E-state index in [1.165, 1.54) is 24.3 Å². The van der Waals surface area contributed by atoms with Gasteiger partial charge in [0.2, 0.25) is 5.91 Å². The molecule has 110 valence electrons. The Bertz CT molecular complexity index is 611. The van der Waals surface area contributed by atoms with Gasteiger partial charge in [0.25, 0.3) is 0 Å². The third-order valence-electron chi connectivity index (χ3n) is 2.30. The summed E-state index contributed by atoms with van der Waals surface area (Å²) in [6.45, 7) is 5.25. The molecule has 0 unspecified atom stereocenters. The van der Waals surface area contributed by atoms with Gasteiger partial charge in [-0.15, -0.1) is 0 Å². The first-order chi connectivity index (χ1) is 9.01. The van der Waals surface area contributed by atoms with Gasteiger partial charge in [-0.3, -0.25) is 4.79 Å². The standard InChI is InChI=1S/C13H17NO5S/c1-13(2,3)14-11(15)8-20(18,19)10-6-4-9(5-7-10)12(16)17/h4-7H,8H2,1-3H3,(H,14,15)(H,16,17). The van der Waals surface area contributed by atoms with Gasteiger partial charge in [0, 0.05) is 5.54 Å². The summed E-state index contributed by atoms with van der Waals surface area (Å²) >= 11 is 0. The van der Waals surface area contributed by atoms with E-state index >= 15 is 0 Å². The number of benzene rings is 1. The van der Waals surface area contributed by atoms with E-state index < -0.39 is 33.0 Å². The number of hydrogen-bond donors (Lipinski definition) is 2. The second-order valence-electron chi connectivity index (χ2n) is 5.39. The maximum atomic E-state index is 12.0. The molecule has 6 nitrogen and oxygen atoms in total. The minimum atomic E-state index is -3.78. The number of hydrogen-bond acceptors (Lipinski definition) is 4. The van der Waals surface area contributed by atoms with E-state index in [2.05, 4.69) is 5.32 Å². The van der Waals surface area contributed by atoms with Crippen molar-refractivity contribution in [2.24, 2.45) is 0 Å². The number of carbonyl (C=O) groups excluding carboxylic acids is 1. The Labute approximate surface area is 117 Å². The Balaban J connectivity index is 2.89. The Kier molecular flexibility index (Phi) is 4.54. The molecular formula is C13H17NO5S. The second kappa shape index (κ2) is 5.62. The smallest absolute Gasteiger partial charge is 0.335 e. The third kappa shape index (κ3) is 4.65. The molecule has 0 spiro atoms. The average molecular weight is 299 g/mol. The van der Waals surface area contributed by atoms with Gasteiger partial charge in [-0.1, -0.05) is 0 Å². The van der Waals surface area contributed by atoms with Crippen LogP contribution >= 0.6 is 0 Å². The van der Waals surface area contributed by atoms with Crippen molar-refractivity contribution in [3.63, 3.8) is 0 Å². The highest BCUT2D eigenvalue weighted by Crippen LogP contribution is 2.13. The van der Waals surface area contributed by atoms with Crippen LogP contribution < -0.4 is 5.32 Å². The first kappa shape index (κ1) is 16.2. The fourth-order valence-electron chi connectivity index (χ4n) is 1.52. The molecule has 0 atom stereocenters. The Hall–Kier alpha value is -1.89. The van der Waals surface area contributed by atoms with Crippen LogP contribution in [0.3, 0.4) is 0 Å². The predicted molar refractivity (Wildman–Crippen MR) is 73.3 cm³/mol. The minimum absolute atomic E-state index is 0.0110. The van der Waals surface area contributed by atoms with E-state index in [1.54, 1.807) is 20.8 Å². The van der Waals surface area contributed by atoms with Crippen molar-refractivity contribution < 1.29 is 23.1 Å². The van der Waals surface area contributed by atoms with Crippen LogP contribution in [0.25, 0.3) is 0 Å². The number of aromatic carboxylic acids is 1. The Morgan fingerprint density at radius 3 is 2.05 bits per heavy atom. The molecule has 0 fully saturated rings. The quantitative estimate of drug-likeness (QED) is 0.866. The molecule has 0 saturated heterocycles. The highest BCUT2D eigenvalue weighted by Gasteiger charge is 2.22. The number of carbonyl (C=O) groups is 2. The summed E-state index contributed by atoms with van der Waals surface area (Å²) in [7, 11) is -3.78. The topological polar surface area (TPSA) is 101 Å². The van der Waals surface area contributed by atoms with Gasteiger partial charge in [0.1, 0.15) is 5.75 Å². The average Bonchev–Trinajstić information content (AvgIpc) is 2.25. The second-order valence-corrected chi connectivity index (χ2v) is 7.38. The lowest BCUT2D eigenvalue weighted by Gasteiger charge is -2.20. The third-order valence-corrected chi connectivity index (χ3v) is 3.93. The Morgan fingerprint density at radius 1 is 1.15 bits per heavy atom. The maximum Gasteiger partial charge on any atom is 0.335 e. The lowest BCUT2D eigenvalue weighted by Crippen LogP contribution is -2.43. The van der Waals surface area contributed by atoms with Crippen molar-refractivity contribution >= 4 is 21.7 Å². The van der Waals surface area contributed by atoms with E-state index in [1.807, 2.05) is 0 Å². The fourth-order valence-corrected chi connectivity index (χ4v) is 2.65. The van der Waals surface area contributed by atoms with E-state index in [4.69, 9.17) is 5.11 Å². The van der Waals surface area contributed by atoms with E-state index in [9.17, 15) is 18.0 Å². The van der Waals surface area contributed by atoms with Crippen molar-refractivity contribution in [3.8, 4) is 0 Å². The van der Waals surface area contributed by atoms with Crippen LogP contribution in [0.2, 0.25) is 0 Å². The molecule has 1 amide bonds. The number of rotatable bonds is 4. The summed E-state index contributed by atoms with van der Waals surface area (Å²) in [5.74, 6) is -2.41. The fraction of sp³-hybridized carbons (Fsp3) is 0.385. The number of nitrogens with one attached hydrogen (secondary N) is 1. The van der Waals surface area contributed by atoms with E-state index in [-0.39, 0.29) is 10.5 Å². The van der Waals surface area contributed by atoms with Crippen molar-refractivity contribution in [3.05, 3.63) is 29.8 Å². The molecule has 1 aromatic rings. The number of carboxylic acid groups (broad SMARTS) is 1. The summed E-state index contributed by atoms with van der Waals surface area (Å²) in [5.41, 5.74) is -0.525. The van der Waals surface area contributed by atoms with Crippen LogP contribution in [0, 0.1) is 0 Å². The highest BCUT2D eigenvalue weighted by atomic mass is 32.2. The minimum Gasteiger partial charge on any atom is -0.478 e. The lowest BCUT2D eigenvalue weighted by molar-refractivity contribution is -0.120. The van der Waals surface area contributed by atoms with Gasteiger partial charge in [0.05, 0.1) is 10.5 Å². The van der Waals surface area contributed by atoms with Crippen LogP contribution in [0.4, 0.5) is 0 Å². The van der Waals surface area contributed by atoms with Gasteiger partial charge in [-0.25, -0.2) is 13.2 Å². The first-order valence-corrected chi connectivity index (χ1v) is 7.54. The molecular weight excluding hydrogens is 282 g/mol. The number of carboxylic acids is 1. The molecule has 1 rings (SSSR count). The molecule has 0 aromatic heterocycles. The van der Waals surface area contributed by atoms with Crippen LogP contribution in [0.1, 0.15) is 31.1 Å². The molecule has 0 radical (unpaired) electrons. The van der Waals surface area contributed by atoms with Crippen molar-refractivity contribution in [2.45, 2.75) is 31.2 Å². The van der Waals surface area contributed by atoms with Crippen molar-refractivity contribution in [1.29, 1.82) is 0 Å². The molecule has 7 heteroatoms. The van der Waals surface area contributed by atoms with Gasteiger partial charge < -0.3 is 10.4 Å². The molecule has 0 saturated carbocycles.